The van der Waals surface area contributed by atoms with Crippen molar-refractivity contribution in [2.45, 2.75) is 6.10 Å². The number of rotatable bonds is 3. The molecule has 0 spiro atoms. The van der Waals surface area contributed by atoms with Crippen LogP contribution in [0.5, 0.6) is 5.75 Å². The minimum absolute atomic E-state index is 0.610. The molecule has 1 aliphatic rings. The first kappa shape index (κ1) is 14.7. The smallest absolute Gasteiger partial charge is 0.118 e. The van der Waals surface area contributed by atoms with Crippen molar-refractivity contribution in [3.63, 3.8) is 0 Å². The number of fused-ring (bicyclic) bond motifs is 1. The van der Waals surface area contributed by atoms with Crippen LogP contribution in [0.1, 0.15) is 28.4 Å². The summed E-state index contributed by atoms with van der Waals surface area (Å²) in [6.07, 6.45) is -0.610. The Morgan fingerprint density at radius 2 is 1.42 bits per heavy atom. The van der Waals surface area contributed by atoms with Gasteiger partial charge in [-0.2, -0.15) is 0 Å². The Kier molecular flexibility index (Phi) is 3.68. The van der Waals surface area contributed by atoms with Crippen molar-refractivity contribution < 1.29 is 9.84 Å². The molecule has 0 radical (unpaired) electrons. The van der Waals surface area contributed by atoms with Gasteiger partial charge >= 0.3 is 0 Å². The lowest BCUT2D eigenvalue weighted by atomic mass is 9.94. The Hall–Kier alpha value is -2.84. The largest absolute Gasteiger partial charge is 0.497 e. The molecule has 0 saturated heterocycles. The monoisotopic (exact) mass is 314 g/mol. The topological polar surface area (TPSA) is 29.5 Å². The van der Waals surface area contributed by atoms with Gasteiger partial charge in [-0.05, 0) is 40.0 Å². The minimum Gasteiger partial charge on any atom is -0.497 e. The molecule has 4 rings (SSSR count). The summed E-state index contributed by atoms with van der Waals surface area (Å²) in [5.74, 6) is 0.826. The summed E-state index contributed by atoms with van der Waals surface area (Å²) in [6, 6.07) is 26.2. The lowest BCUT2D eigenvalue weighted by Crippen LogP contribution is -1.96. The van der Waals surface area contributed by atoms with E-state index in [0.717, 1.165) is 39.1 Å². The fourth-order valence-corrected chi connectivity index (χ4v) is 3.39. The maximum absolute atomic E-state index is 10.9. The molecule has 0 aromatic heterocycles. The second-order valence-electron chi connectivity index (χ2n) is 5.87. The maximum atomic E-state index is 10.9. The number of ether oxygens (including phenoxy) is 1. The summed E-state index contributed by atoms with van der Waals surface area (Å²) < 4.78 is 5.27. The van der Waals surface area contributed by atoms with Crippen molar-refractivity contribution >= 4 is 11.1 Å². The van der Waals surface area contributed by atoms with E-state index >= 15 is 0 Å². The predicted octanol–water partition coefficient (Wildman–Crippen LogP) is 4.70. The van der Waals surface area contributed by atoms with Crippen LogP contribution in [0.3, 0.4) is 0 Å². The zero-order valence-electron chi connectivity index (χ0n) is 13.4. The summed E-state index contributed by atoms with van der Waals surface area (Å²) in [7, 11) is 1.66. The second-order valence-corrected chi connectivity index (χ2v) is 5.87. The van der Waals surface area contributed by atoms with E-state index in [2.05, 4.69) is 6.07 Å². The molecular weight excluding hydrogens is 296 g/mol. The third kappa shape index (κ3) is 2.32. The Morgan fingerprint density at radius 3 is 2.12 bits per heavy atom. The Balaban J connectivity index is 1.96. The molecule has 2 nitrogen and oxygen atoms in total. The third-order valence-electron chi connectivity index (χ3n) is 4.53. The molecule has 1 aliphatic carbocycles. The maximum Gasteiger partial charge on any atom is 0.118 e. The zero-order valence-corrected chi connectivity index (χ0v) is 13.4. The molecule has 0 saturated carbocycles. The van der Waals surface area contributed by atoms with Gasteiger partial charge < -0.3 is 9.84 Å². The summed E-state index contributed by atoms with van der Waals surface area (Å²) in [4.78, 5) is 0. The van der Waals surface area contributed by atoms with Gasteiger partial charge in [0.25, 0.3) is 0 Å². The highest BCUT2D eigenvalue weighted by Crippen LogP contribution is 2.48. The Labute approximate surface area is 141 Å². The molecule has 0 aliphatic heterocycles. The van der Waals surface area contributed by atoms with Crippen LogP contribution in [0.4, 0.5) is 0 Å². The molecule has 24 heavy (non-hydrogen) atoms. The van der Waals surface area contributed by atoms with E-state index in [0.29, 0.717) is 0 Å². The first-order valence-electron chi connectivity index (χ1n) is 8.01. The second kappa shape index (κ2) is 5.99. The van der Waals surface area contributed by atoms with Gasteiger partial charge in [0.1, 0.15) is 11.9 Å². The normalized spacial score (nSPS) is 16.2. The van der Waals surface area contributed by atoms with E-state index < -0.39 is 6.10 Å². The SMILES string of the molecule is COc1ccc(C2=C(c3ccccc3)C(O)c3ccccc32)cc1. The summed E-state index contributed by atoms with van der Waals surface area (Å²) in [5, 5.41) is 10.9. The first-order chi connectivity index (χ1) is 11.8. The number of benzene rings is 3. The van der Waals surface area contributed by atoms with E-state index in [1.807, 2.05) is 72.8 Å². The van der Waals surface area contributed by atoms with Crippen LogP contribution in [0.2, 0.25) is 0 Å². The molecule has 1 N–H and O–H groups in total. The summed E-state index contributed by atoms with van der Waals surface area (Å²) in [5.41, 5.74) is 6.23. The number of methoxy groups -OCH3 is 1. The van der Waals surface area contributed by atoms with Gasteiger partial charge in [-0.1, -0.05) is 66.7 Å². The highest BCUT2D eigenvalue weighted by molar-refractivity contribution is 6.05. The van der Waals surface area contributed by atoms with Crippen LogP contribution in [0, 0.1) is 0 Å². The number of aliphatic hydroxyl groups excluding tert-OH is 1. The lowest BCUT2D eigenvalue weighted by molar-refractivity contribution is 0.241. The van der Waals surface area contributed by atoms with Crippen LogP contribution < -0.4 is 4.74 Å². The van der Waals surface area contributed by atoms with Crippen LogP contribution >= 0.6 is 0 Å². The van der Waals surface area contributed by atoms with Crippen molar-refractivity contribution in [2.24, 2.45) is 0 Å². The quantitative estimate of drug-likeness (QED) is 0.759. The summed E-state index contributed by atoms with van der Waals surface area (Å²) in [6.45, 7) is 0. The van der Waals surface area contributed by atoms with Crippen molar-refractivity contribution in [1.82, 2.24) is 0 Å². The molecule has 0 heterocycles. The van der Waals surface area contributed by atoms with Crippen LogP contribution in [-0.2, 0) is 0 Å². The predicted molar refractivity (Wildman–Crippen MR) is 96.8 cm³/mol. The molecule has 1 atom stereocenters. The molecule has 1 unspecified atom stereocenters. The van der Waals surface area contributed by atoms with Crippen molar-refractivity contribution in [1.29, 1.82) is 0 Å². The number of aliphatic hydroxyl groups is 1. The fraction of sp³-hybridized carbons (Fsp3) is 0.0909. The molecule has 0 amide bonds. The van der Waals surface area contributed by atoms with E-state index in [-0.39, 0.29) is 0 Å². The van der Waals surface area contributed by atoms with E-state index in [4.69, 9.17) is 4.74 Å². The van der Waals surface area contributed by atoms with Gasteiger partial charge in [-0.3, -0.25) is 0 Å². The summed E-state index contributed by atoms with van der Waals surface area (Å²) >= 11 is 0. The molecule has 3 aromatic carbocycles. The minimum atomic E-state index is -0.610. The number of hydrogen-bond acceptors (Lipinski definition) is 2. The van der Waals surface area contributed by atoms with Gasteiger partial charge in [-0.25, -0.2) is 0 Å². The van der Waals surface area contributed by atoms with Crippen LogP contribution in [0.25, 0.3) is 11.1 Å². The molecule has 0 fully saturated rings. The van der Waals surface area contributed by atoms with Gasteiger partial charge in [-0.15, -0.1) is 0 Å². The van der Waals surface area contributed by atoms with Gasteiger partial charge in [0, 0.05) is 5.57 Å². The van der Waals surface area contributed by atoms with Gasteiger partial charge in [0.05, 0.1) is 7.11 Å². The highest BCUT2D eigenvalue weighted by atomic mass is 16.5. The van der Waals surface area contributed by atoms with Crippen molar-refractivity contribution in [3.8, 4) is 5.75 Å². The van der Waals surface area contributed by atoms with Gasteiger partial charge in [0.2, 0.25) is 0 Å². The Bertz CT molecular complexity index is 893. The average Bonchev–Trinajstić information content (AvgIpc) is 2.95. The standard InChI is InChI=1S/C22H18O2/c1-24-17-13-11-16(12-14-17)20-18-9-5-6-10-19(18)22(23)21(20)15-7-3-2-4-8-15/h2-14,22-23H,1H3. The highest BCUT2D eigenvalue weighted by Gasteiger charge is 2.31. The van der Waals surface area contributed by atoms with Gasteiger partial charge in [0.15, 0.2) is 0 Å². The molecule has 2 heteroatoms. The van der Waals surface area contributed by atoms with E-state index in [9.17, 15) is 5.11 Å². The molecule has 118 valence electrons. The molecule has 3 aromatic rings. The van der Waals surface area contributed by atoms with Crippen molar-refractivity contribution in [2.75, 3.05) is 7.11 Å². The Morgan fingerprint density at radius 1 is 0.750 bits per heavy atom. The molecular formula is C22H18O2. The fourth-order valence-electron chi connectivity index (χ4n) is 3.39. The van der Waals surface area contributed by atoms with Crippen LogP contribution in [0.15, 0.2) is 78.9 Å². The van der Waals surface area contributed by atoms with Crippen LogP contribution in [-0.4, -0.2) is 12.2 Å². The zero-order chi connectivity index (χ0) is 16.5. The number of hydrogen-bond donors (Lipinski definition) is 1. The van der Waals surface area contributed by atoms with E-state index in [1.54, 1.807) is 7.11 Å². The molecule has 0 bridgehead atoms. The van der Waals surface area contributed by atoms with E-state index in [1.165, 1.54) is 0 Å². The first-order valence-corrected chi connectivity index (χ1v) is 8.01. The third-order valence-corrected chi connectivity index (χ3v) is 4.53. The lowest BCUT2D eigenvalue weighted by Gasteiger charge is -2.12. The average molecular weight is 314 g/mol. The van der Waals surface area contributed by atoms with Crippen molar-refractivity contribution in [3.05, 3.63) is 101 Å².